The minimum Gasteiger partial charge on any atom is -0.357 e. The summed E-state index contributed by atoms with van der Waals surface area (Å²) in [5.41, 5.74) is 1.55. The quantitative estimate of drug-likeness (QED) is 0.541. The Morgan fingerprint density at radius 2 is 1.86 bits per heavy atom. The predicted octanol–water partition coefficient (Wildman–Crippen LogP) is 2.43. The van der Waals surface area contributed by atoms with Crippen molar-refractivity contribution in [3.05, 3.63) is 48.3 Å². The van der Waals surface area contributed by atoms with E-state index < -0.39 is 5.41 Å². The molecular weight excluding hydrogens is 352 g/mol. The number of aliphatic imine (C=N–C) groups is 1. The normalized spacial score (nSPS) is 12.0. The lowest BCUT2D eigenvalue weighted by atomic mass is 9.92. The first-order valence-corrected chi connectivity index (χ1v) is 9.74. The van der Waals surface area contributed by atoms with Crippen LogP contribution in [0.4, 0.5) is 0 Å². The minimum absolute atomic E-state index is 0.0152. The van der Waals surface area contributed by atoms with E-state index in [1.165, 1.54) is 0 Å². The number of rotatable bonds is 8. The molecule has 2 rings (SSSR count). The van der Waals surface area contributed by atoms with Gasteiger partial charge in [-0.15, -0.1) is 0 Å². The zero-order valence-corrected chi connectivity index (χ0v) is 17.6. The van der Waals surface area contributed by atoms with Crippen LogP contribution in [0.1, 0.15) is 33.3 Å². The Balaban J connectivity index is 2.07. The van der Waals surface area contributed by atoms with Crippen LogP contribution in [0.3, 0.4) is 0 Å². The molecule has 0 saturated heterocycles. The van der Waals surface area contributed by atoms with E-state index in [2.05, 4.69) is 15.7 Å². The van der Waals surface area contributed by atoms with Gasteiger partial charge in [-0.1, -0.05) is 18.2 Å². The van der Waals surface area contributed by atoms with Crippen molar-refractivity contribution in [3.63, 3.8) is 0 Å². The second kappa shape index (κ2) is 9.92. The van der Waals surface area contributed by atoms with Gasteiger partial charge in [0.2, 0.25) is 5.91 Å². The van der Waals surface area contributed by atoms with Crippen LogP contribution in [-0.4, -0.2) is 53.2 Å². The highest BCUT2D eigenvalue weighted by molar-refractivity contribution is 5.83. The average molecular weight is 385 g/mol. The van der Waals surface area contributed by atoms with Crippen LogP contribution in [0, 0.1) is 5.41 Å². The molecule has 28 heavy (non-hydrogen) atoms. The summed E-state index contributed by atoms with van der Waals surface area (Å²) in [6.45, 7) is 10.2. The van der Waals surface area contributed by atoms with E-state index in [9.17, 15) is 4.79 Å². The van der Waals surface area contributed by atoms with E-state index in [1.807, 2.05) is 87.0 Å². The number of nitrogens with one attached hydrogen (secondary N) is 2. The monoisotopic (exact) mass is 384 g/mol. The second-order valence-electron chi connectivity index (χ2n) is 7.40. The molecule has 1 heterocycles. The van der Waals surface area contributed by atoms with Gasteiger partial charge in [0.05, 0.1) is 23.8 Å². The maximum absolute atomic E-state index is 12.2. The van der Waals surface area contributed by atoms with Crippen molar-refractivity contribution in [1.29, 1.82) is 0 Å². The summed E-state index contributed by atoms with van der Waals surface area (Å²) >= 11 is 0. The Labute approximate surface area is 167 Å². The lowest BCUT2D eigenvalue weighted by molar-refractivity contribution is -0.128. The van der Waals surface area contributed by atoms with Crippen molar-refractivity contribution >= 4 is 11.9 Å². The van der Waals surface area contributed by atoms with Gasteiger partial charge in [-0.3, -0.25) is 9.79 Å². The van der Waals surface area contributed by atoms with Crippen molar-refractivity contribution < 1.29 is 4.79 Å². The summed E-state index contributed by atoms with van der Waals surface area (Å²) in [7, 11) is 1.99. The summed E-state index contributed by atoms with van der Waals surface area (Å²) < 4.78 is 1.87. The lowest BCUT2D eigenvalue weighted by Crippen LogP contribution is -2.42. The number of guanidine groups is 1. The van der Waals surface area contributed by atoms with Crippen LogP contribution < -0.4 is 10.6 Å². The van der Waals surface area contributed by atoms with Gasteiger partial charge in [-0.2, -0.15) is 5.10 Å². The highest BCUT2D eigenvalue weighted by atomic mass is 16.2. The molecule has 2 N–H and O–H groups in total. The second-order valence-corrected chi connectivity index (χ2v) is 7.40. The van der Waals surface area contributed by atoms with Gasteiger partial charge in [0.25, 0.3) is 0 Å². The number of aromatic nitrogens is 2. The fourth-order valence-corrected chi connectivity index (χ4v) is 2.73. The van der Waals surface area contributed by atoms with Crippen LogP contribution in [0.5, 0.6) is 0 Å². The Bertz CT molecular complexity index is 781. The maximum atomic E-state index is 12.2. The molecule has 1 aromatic carbocycles. The van der Waals surface area contributed by atoms with Crippen LogP contribution in [0.2, 0.25) is 0 Å². The average Bonchev–Trinajstić information content (AvgIpc) is 3.14. The van der Waals surface area contributed by atoms with E-state index in [4.69, 9.17) is 4.99 Å². The molecule has 0 radical (unpaired) electrons. The molecule has 0 fully saturated rings. The van der Waals surface area contributed by atoms with E-state index in [1.54, 1.807) is 0 Å². The molecule has 7 heteroatoms. The number of hydrogen-bond donors (Lipinski definition) is 2. The van der Waals surface area contributed by atoms with Gasteiger partial charge >= 0.3 is 0 Å². The lowest BCUT2D eigenvalue weighted by Gasteiger charge is -2.25. The molecule has 2 aromatic rings. The van der Waals surface area contributed by atoms with E-state index >= 15 is 0 Å². The van der Waals surface area contributed by atoms with E-state index in [-0.39, 0.29) is 5.91 Å². The summed E-state index contributed by atoms with van der Waals surface area (Å²) in [5, 5.41) is 10.6. The first-order valence-electron chi connectivity index (χ1n) is 9.74. The molecule has 0 spiro atoms. The van der Waals surface area contributed by atoms with Gasteiger partial charge in [-0.05, 0) is 39.8 Å². The largest absolute Gasteiger partial charge is 0.357 e. The summed E-state index contributed by atoms with van der Waals surface area (Å²) in [5.74, 6) is 0.786. The fourth-order valence-electron chi connectivity index (χ4n) is 2.73. The molecule has 7 nitrogen and oxygen atoms in total. The summed E-state index contributed by atoms with van der Waals surface area (Å²) in [6.07, 6.45) is 3.89. The van der Waals surface area contributed by atoms with E-state index in [0.29, 0.717) is 19.6 Å². The predicted molar refractivity (Wildman–Crippen MR) is 113 cm³/mol. The molecule has 0 bridgehead atoms. The van der Waals surface area contributed by atoms with Gasteiger partial charge in [0, 0.05) is 38.4 Å². The molecule has 0 aliphatic carbocycles. The van der Waals surface area contributed by atoms with Gasteiger partial charge in [-0.25, -0.2) is 4.68 Å². The van der Waals surface area contributed by atoms with Crippen molar-refractivity contribution in [1.82, 2.24) is 25.3 Å². The number of benzene rings is 1. The third kappa shape index (κ3) is 5.84. The zero-order chi connectivity index (χ0) is 20.6. The van der Waals surface area contributed by atoms with Gasteiger partial charge in [0.15, 0.2) is 5.96 Å². The molecule has 0 aliphatic rings. The number of nitrogens with zero attached hydrogens (tertiary/aromatic N) is 4. The molecule has 0 saturated carbocycles. The number of carbonyl (C=O) groups is 1. The van der Waals surface area contributed by atoms with Crippen LogP contribution in [0.25, 0.3) is 5.69 Å². The molecule has 1 aromatic heterocycles. The third-order valence-electron chi connectivity index (χ3n) is 4.35. The first kappa shape index (κ1) is 21.5. The molecule has 0 atom stereocenters. The van der Waals surface area contributed by atoms with Crippen molar-refractivity contribution in [2.75, 3.05) is 26.7 Å². The summed E-state index contributed by atoms with van der Waals surface area (Å²) in [4.78, 5) is 18.9. The van der Waals surface area contributed by atoms with Crippen LogP contribution >= 0.6 is 0 Å². The maximum Gasteiger partial charge on any atom is 0.227 e. The highest BCUT2D eigenvalue weighted by Crippen LogP contribution is 2.16. The fraction of sp³-hybridized carbons (Fsp3) is 0.476. The number of hydrogen-bond acceptors (Lipinski definition) is 3. The Hall–Kier alpha value is -2.83. The molecule has 0 unspecified atom stereocenters. The summed E-state index contributed by atoms with van der Waals surface area (Å²) in [6, 6.07) is 10.0. The van der Waals surface area contributed by atoms with Crippen LogP contribution in [0.15, 0.2) is 47.7 Å². The van der Waals surface area contributed by atoms with Gasteiger partial charge in [0.1, 0.15) is 0 Å². The Kier molecular flexibility index (Phi) is 7.61. The number of carbonyl (C=O) groups excluding carboxylic acids is 1. The molecular formula is C21H32N6O. The van der Waals surface area contributed by atoms with Crippen molar-refractivity contribution in [3.8, 4) is 5.69 Å². The van der Waals surface area contributed by atoms with Crippen molar-refractivity contribution in [2.24, 2.45) is 10.4 Å². The van der Waals surface area contributed by atoms with Crippen molar-refractivity contribution in [2.45, 2.75) is 34.2 Å². The van der Waals surface area contributed by atoms with E-state index in [0.717, 1.165) is 23.8 Å². The highest BCUT2D eigenvalue weighted by Gasteiger charge is 2.27. The topological polar surface area (TPSA) is 74.6 Å². The molecule has 152 valence electrons. The SMILES string of the molecule is CCNC(=O)C(C)(C)CN=C(NCC)N(C)Cc1cnn(-c2ccccc2)c1. The minimum atomic E-state index is -0.560. The van der Waals surface area contributed by atoms with Gasteiger partial charge < -0.3 is 15.5 Å². The van der Waals surface area contributed by atoms with Crippen LogP contribution in [-0.2, 0) is 11.3 Å². The number of amides is 1. The Morgan fingerprint density at radius 3 is 2.50 bits per heavy atom. The zero-order valence-electron chi connectivity index (χ0n) is 17.6. The standard InChI is InChI=1S/C21H32N6O/c1-6-22-19(28)21(3,4)16-24-20(23-7-2)26(5)14-17-13-25-27(15-17)18-11-9-8-10-12-18/h8-13,15H,6-7,14,16H2,1-5H3,(H,22,28)(H,23,24). The number of para-hydroxylation sites is 1. The first-order chi connectivity index (χ1) is 13.4. The smallest absolute Gasteiger partial charge is 0.227 e. The Morgan fingerprint density at radius 1 is 1.18 bits per heavy atom. The third-order valence-corrected chi connectivity index (χ3v) is 4.35. The molecule has 1 amide bonds. The molecule has 0 aliphatic heterocycles.